The van der Waals surface area contributed by atoms with Gasteiger partial charge in [-0.25, -0.2) is 0 Å². The fourth-order valence-electron chi connectivity index (χ4n) is 2.58. The number of carbonyl (C=O) groups is 1. The molecule has 112 valence electrons. The lowest BCUT2D eigenvalue weighted by atomic mass is 10.0. The summed E-state index contributed by atoms with van der Waals surface area (Å²) in [6.45, 7) is 8.44. The van der Waals surface area contributed by atoms with Crippen LogP contribution in [0.1, 0.15) is 29.8 Å². The lowest BCUT2D eigenvalue weighted by Crippen LogP contribution is -2.55. The molecule has 0 N–H and O–H groups in total. The van der Waals surface area contributed by atoms with Crippen LogP contribution in [0.2, 0.25) is 5.02 Å². The largest absolute Gasteiger partial charge is 0.336 e. The molecule has 2 rings (SSSR count). The molecule has 0 radical (unpaired) electrons. The summed E-state index contributed by atoms with van der Waals surface area (Å²) in [6, 6.07) is 7.72. The average Bonchev–Trinajstić information content (AvgIpc) is 2.45. The first-order valence-corrected chi connectivity index (χ1v) is 7.44. The highest BCUT2D eigenvalue weighted by molar-refractivity contribution is 6.31. The number of hydrogen-bond donors (Lipinski definition) is 0. The van der Waals surface area contributed by atoms with Crippen molar-refractivity contribution >= 4 is 17.5 Å². The zero-order valence-corrected chi connectivity index (χ0v) is 13.4. The second-order valence-electron chi connectivity index (χ2n) is 5.97. The van der Waals surface area contributed by atoms with Crippen LogP contribution < -0.4 is 0 Å². The maximum atomic E-state index is 12.5. The van der Waals surface area contributed by atoms with Gasteiger partial charge >= 0.3 is 0 Å². The third-order valence-electron chi connectivity index (χ3n) is 3.92. The molecule has 1 aromatic carbocycles. The van der Waals surface area contributed by atoms with Crippen LogP contribution >= 0.6 is 11.6 Å². The van der Waals surface area contributed by atoms with Crippen molar-refractivity contribution in [1.29, 1.82) is 5.26 Å². The quantitative estimate of drug-likeness (QED) is 0.844. The van der Waals surface area contributed by atoms with Crippen molar-refractivity contribution in [2.75, 3.05) is 26.2 Å². The monoisotopic (exact) mass is 305 g/mol. The molecule has 1 fully saturated rings. The minimum atomic E-state index is -0.484. The van der Waals surface area contributed by atoms with E-state index in [-0.39, 0.29) is 5.91 Å². The van der Waals surface area contributed by atoms with Crippen LogP contribution in [0.4, 0.5) is 0 Å². The number of rotatable bonds is 2. The number of carbonyl (C=O) groups excluding carboxylic acids is 1. The molecule has 1 aliphatic heterocycles. The van der Waals surface area contributed by atoms with E-state index in [2.05, 4.69) is 11.0 Å². The van der Waals surface area contributed by atoms with Crippen LogP contribution in [0.3, 0.4) is 0 Å². The van der Waals surface area contributed by atoms with Gasteiger partial charge in [0, 0.05) is 36.8 Å². The first-order valence-electron chi connectivity index (χ1n) is 7.06. The van der Waals surface area contributed by atoms with E-state index >= 15 is 0 Å². The molecule has 1 heterocycles. The molecule has 1 saturated heterocycles. The summed E-state index contributed by atoms with van der Waals surface area (Å²) in [5.74, 6) is 0.00927. The van der Waals surface area contributed by atoms with Gasteiger partial charge in [0.25, 0.3) is 5.91 Å². The molecule has 1 aromatic rings. The molecule has 0 aromatic heterocycles. The van der Waals surface area contributed by atoms with E-state index in [9.17, 15) is 10.1 Å². The van der Waals surface area contributed by atoms with Crippen LogP contribution in [0, 0.1) is 18.3 Å². The summed E-state index contributed by atoms with van der Waals surface area (Å²) in [5.41, 5.74) is 1.13. The Morgan fingerprint density at radius 3 is 2.38 bits per heavy atom. The van der Waals surface area contributed by atoms with Gasteiger partial charge in [-0.2, -0.15) is 5.26 Å². The van der Waals surface area contributed by atoms with Gasteiger partial charge in [-0.05, 0) is 44.5 Å². The van der Waals surface area contributed by atoms with Gasteiger partial charge in [-0.15, -0.1) is 0 Å². The highest BCUT2D eigenvalue weighted by Gasteiger charge is 2.31. The summed E-state index contributed by atoms with van der Waals surface area (Å²) in [7, 11) is 0. The van der Waals surface area contributed by atoms with Gasteiger partial charge < -0.3 is 4.90 Å². The molecule has 0 unspecified atom stereocenters. The SMILES string of the molecule is Cc1cc(Cl)cc(C(=O)N2CCN(C(C)(C)C#N)CC2)c1. The molecule has 21 heavy (non-hydrogen) atoms. The van der Waals surface area contributed by atoms with Gasteiger partial charge in [0.05, 0.1) is 6.07 Å². The molecular formula is C16H20ClN3O. The predicted octanol–water partition coefficient (Wildman–Crippen LogP) is 2.71. The number of benzene rings is 1. The zero-order valence-electron chi connectivity index (χ0n) is 12.7. The maximum absolute atomic E-state index is 12.5. The molecule has 0 aliphatic carbocycles. The predicted molar refractivity (Wildman–Crippen MR) is 83.4 cm³/mol. The van der Waals surface area contributed by atoms with Crippen molar-refractivity contribution < 1.29 is 4.79 Å². The van der Waals surface area contributed by atoms with Crippen molar-refractivity contribution in [2.24, 2.45) is 0 Å². The molecule has 0 saturated carbocycles. The fraction of sp³-hybridized carbons (Fsp3) is 0.500. The van der Waals surface area contributed by atoms with E-state index in [4.69, 9.17) is 11.6 Å². The minimum absolute atomic E-state index is 0.00927. The van der Waals surface area contributed by atoms with E-state index in [1.165, 1.54) is 0 Å². The average molecular weight is 306 g/mol. The number of aryl methyl sites for hydroxylation is 1. The van der Waals surface area contributed by atoms with Crippen LogP contribution in [-0.4, -0.2) is 47.4 Å². The number of piperazine rings is 1. The topological polar surface area (TPSA) is 47.3 Å². The molecule has 1 aliphatic rings. The number of halogens is 1. The Kier molecular flexibility index (Phi) is 4.55. The number of nitriles is 1. The first kappa shape index (κ1) is 15.8. The Labute approximate surface area is 130 Å². The first-order chi connectivity index (χ1) is 9.83. The summed E-state index contributed by atoms with van der Waals surface area (Å²) in [5, 5.41) is 9.76. The highest BCUT2D eigenvalue weighted by Crippen LogP contribution is 2.19. The zero-order chi connectivity index (χ0) is 15.6. The van der Waals surface area contributed by atoms with E-state index in [1.807, 2.05) is 37.8 Å². The van der Waals surface area contributed by atoms with Crippen LogP contribution in [-0.2, 0) is 0 Å². The Hall–Kier alpha value is -1.57. The van der Waals surface area contributed by atoms with Gasteiger partial charge in [-0.3, -0.25) is 9.69 Å². The third-order valence-corrected chi connectivity index (χ3v) is 4.14. The fourth-order valence-corrected chi connectivity index (χ4v) is 2.87. The Morgan fingerprint density at radius 1 is 1.24 bits per heavy atom. The molecule has 0 atom stereocenters. The van der Waals surface area contributed by atoms with E-state index < -0.39 is 5.54 Å². The Morgan fingerprint density at radius 2 is 1.86 bits per heavy atom. The van der Waals surface area contributed by atoms with Gasteiger partial charge in [0.15, 0.2) is 0 Å². The van der Waals surface area contributed by atoms with Gasteiger partial charge in [0.1, 0.15) is 5.54 Å². The van der Waals surface area contributed by atoms with Crippen LogP contribution in [0.25, 0.3) is 0 Å². The van der Waals surface area contributed by atoms with Gasteiger partial charge in [0.2, 0.25) is 0 Å². The summed E-state index contributed by atoms with van der Waals surface area (Å²) in [6.07, 6.45) is 0. The second kappa shape index (κ2) is 6.05. The molecular weight excluding hydrogens is 286 g/mol. The molecule has 4 nitrogen and oxygen atoms in total. The smallest absolute Gasteiger partial charge is 0.254 e. The van der Waals surface area contributed by atoms with Crippen LogP contribution in [0.5, 0.6) is 0 Å². The lowest BCUT2D eigenvalue weighted by molar-refractivity contribution is 0.0521. The minimum Gasteiger partial charge on any atom is -0.336 e. The maximum Gasteiger partial charge on any atom is 0.254 e. The van der Waals surface area contributed by atoms with Crippen molar-refractivity contribution in [3.05, 3.63) is 34.3 Å². The van der Waals surface area contributed by atoms with Crippen LogP contribution in [0.15, 0.2) is 18.2 Å². The Bertz CT molecular complexity index is 563. The van der Waals surface area contributed by atoms with Crippen molar-refractivity contribution in [1.82, 2.24) is 9.80 Å². The number of nitrogens with zero attached hydrogens (tertiary/aromatic N) is 3. The van der Waals surface area contributed by atoms with Crippen molar-refractivity contribution in [3.63, 3.8) is 0 Å². The highest BCUT2D eigenvalue weighted by atomic mass is 35.5. The summed E-state index contributed by atoms with van der Waals surface area (Å²) < 4.78 is 0. The lowest BCUT2D eigenvalue weighted by Gasteiger charge is -2.40. The third kappa shape index (κ3) is 3.55. The van der Waals surface area contributed by atoms with Crippen molar-refractivity contribution in [2.45, 2.75) is 26.3 Å². The van der Waals surface area contributed by atoms with E-state index in [0.29, 0.717) is 36.8 Å². The summed E-state index contributed by atoms with van der Waals surface area (Å²) >= 11 is 6.02. The molecule has 5 heteroatoms. The molecule has 1 amide bonds. The normalized spacial score (nSPS) is 16.6. The van der Waals surface area contributed by atoms with E-state index in [0.717, 1.165) is 5.56 Å². The van der Waals surface area contributed by atoms with Crippen molar-refractivity contribution in [3.8, 4) is 6.07 Å². The van der Waals surface area contributed by atoms with E-state index in [1.54, 1.807) is 6.07 Å². The number of amides is 1. The molecule has 0 spiro atoms. The second-order valence-corrected chi connectivity index (χ2v) is 6.40. The summed E-state index contributed by atoms with van der Waals surface area (Å²) in [4.78, 5) is 16.5. The number of hydrogen-bond acceptors (Lipinski definition) is 3. The Balaban J connectivity index is 2.05. The molecule has 0 bridgehead atoms. The standard InChI is InChI=1S/C16H20ClN3O/c1-12-8-13(10-14(17)9-12)15(21)19-4-6-20(7-5-19)16(2,3)11-18/h8-10H,4-7H2,1-3H3. The van der Waals surface area contributed by atoms with Gasteiger partial charge in [-0.1, -0.05) is 11.6 Å².